The molecule has 3 nitrogen and oxygen atoms in total. The quantitative estimate of drug-likeness (QED) is 0.242. The Labute approximate surface area is 197 Å². The molecule has 0 aliphatic rings. The average Bonchev–Trinajstić information content (AvgIpc) is 2.79. The van der Waals surface area contributed by atoms with Crippen LogP contribution in [0.25, 0.3) is 11.1 Å². The Hall–Kier alpha value is -2.72. The Bertz CT molecular complexity index is 896. The number of allylic oxidation sites excluding steroid dienone is 2. The van der Waals surface area contributed by atoms with Crippen LogP contribution in [0.15, 0.2) is 78.6 Å². The van der Waals surface area contributed by atoms with Crippen molar-refractivity contribution in [2.75, 3.05) is 26.7 Å². The zero-order valence-electron chi connectivity index (χ0n) is 19.0. The minimum absolute atomic E-state index is 0.0851. The Morgan fingerprint density at radius 1 is 1.03 bits per heavy atom. The molecular weight excluding hydrogens is 444 g/mol. The molecule has 0 aliphatic heterocycles. The van der Waals surface area contributed by atoms with Crippen molar-refractivity contribution in [1.82, 2.24) is 10.2 Å². The van der Waals surface area contributed by atoms with E-state index in [0.29, 0.717) is 13.0 Å². The van der Waals surface area contributed by atoms with Gasteiger partial charge in [0.05, 0.1) is 6.61 Å². The minimum Gasteiger partial charge on any atom is -0.494 e. The van der Waals surface area contributed by atoms with Crippen LogP contribution in [0, 0.1) is 0 Å². The average molecular weight is 477 g/mol. The number of benzene rings is 2. The van der Waals surface area contributed by atoms with E-state index in [1.54, 1.807) is 0 Å². The van der Waals surface area contributed by atoms with Crippen molar-refractivity contribution in [1.29, 1.82) is 0 Å². The third kappa shape index (κ3) is 9.75. The van der Waals surface area contributed by atoms with Crippen LogP contribution in [-0.4, -0.2) is 43.6 Å². The first-order valence-electron chi connectivity index (χ1n) is 11.0. The molecule has 2 rings (SSSR count). The molecule has 2 aromatic carbocycles. The molecule has 33 heavy (non-hydrogen) atoms. The molecule has 0 bridgehead atoms. The van der Waals surface area contributed by atoms with E-state index in [1.165, 1.54) is 18.4 Å². The fourth-order valence-electron chi connectivity index (χ4n) is 3.29. The summed E-state index contributed by atoms with van der Waals surface area (Å²) < 4.78 is 45.3. The molecule has 0 unspecified atom stereocenters. The smallest absolute Gasteiger partial charge is 0.430 e. The third-order valence-corrected chi connectivity index (χ3v) is 5.25. The first-order valence-corrected chi connectivity index (χ1v) is 11.6. The van der Waals surface area contributed by atoms with Gasteiger partial charge in [0.1, 0.15) is 11.4 Å². The van der Waals surface area contributed by atoms with Crippen molar-refractivity contribution in [3.05, 3.63) is 78.6 Å². The molecule has 1 N–H and O–H groups in total. The summed E-state index contributed by atoms with van der Waals surface area (Å²) in [5.41, 5.74) is 2.39. The maximum absolute atomic E-state index is 13.2. The second-order valence-electron chi connectivity index (χ2n) is 7.71. The summed E-state index contributed by atoms with van der Waals surface area (Å²) in [7, 11) is 4.50. The van der Waals surface area contributed by atoms with E-state index in [4.69, 9.17) is 4.74 Å². The van der Waals surface area contributed by atoms with Gasteiger partial charge in [-0.1, -0.05) is 49.0 Å². The van der Waals surface area contributed by atoms with Crippen LogP contribution in [0.3, 0.4) is 0 Å². The van der Waals surface area contributed by atoms with Gasteiger partial charge in [-0.3, -0.25) is 0 Å². The van der Waals surface area contributed by atoms with E-state index >= 15 is 0 Å². The molecule has 178 valence electrons. The van der Waals surface area contributed by atoms with Crippen LogP contribution in [0.1, 0.15) is 25.7 Å². The maximum Gasteiger partial charge on any atom is 0.430 e. The largest absolute Gasteiger partial charge is 0.494 e. The number of rotatable bonds is 14. The predicted octanol–water partition coefficient (Wildman–Crippen LogP) is 6.72. The van der Waals surface area contributed by atoms with E-state index in [0.717, 1.165) is 47.2 Å². The first kappa shape index (κ1) is 26.5. The van der Waals surface area contributed by atoms with Gasteiger partial charge in [-0.25, -0.2) is 0 Å². The van der Waals surface area contributed by atoms with Gasteiger partial charge in [0.2, 0.25) is 0 Å². The van der Waals surface area contributed by atoms with Gasteiger partial charge in [0.15, 0.2) is 0 Å². The molecule has 0 radical (unpaired) electrons. The Morgan fingerprint density at radius 2 is 1.70 bits per heavy atom. The van der Waals surface area contributed by atoms with E-state index in [1.807, 2.05) is 30.3 Å². The number of hydrogen-bond donors (Lipinski definition) is 1. The van der Waals surface area contributed by atoms with Gasteiger partial charge in [-0.05, 0) is 60.8 Å². The summed E-state index contributed by atoms with van der Waals surface area (Å²) in [6, 6.07) is 18.2. The van der Waals surface area contributed by atoms with Crippen molar-refractivity contribution in [3.8, 4) is 16.9 Å². The monoisotopic (exact) mass is 476 g/mol. The van der Waals surface area contributed by atoms with Gasteiger partial charge in [-0.2, -0.15) is 13.2 Å². The SMILES string of the molecule is C=C(CCCCCOc1ccc(-c2ccccc2)cc1)NC/C=C(\N(C)CC=P)C(F)(F)F. The van der Waals surface area contributed by atoms with Crippen LogP contribution in [0.2, 0.25) is 0 Å². The van der Waals surface area contributed by atoms with E-state index in [9.17, 15) is 13.2 Å². The molecule has 0 saturated carbocycles. The van der Waals surface area contributed by atoms with Gasteiger partial charge in [0.25, 0.3) is 0 Å². The van der Waals surface area contributed by atoms with Crippen LogP contribution < -0.4 is 10.1 Å². The highest BCUT2D eigenvalue weighted by atomic mass is 31.0. The summed E-state index contributed by atoms with van der Waals surface area (Å²) in [6.07, 6.45) is 0.226. The highest BCUT2D eigenvalue weighted by molar-refractivity contribution is 7.18. The summed E-state index contributed by atoms with van der Waals surface area (Å²) in [6.45, 7) is 4.78. The van der Waals surface area contributed by atoms with Crippen LogP contribution in [0.4, 0.5) is 13.2 Å². The van der Waals surface area contributed by atoms with E-state index in [-0.39, 0.29) is 13.1 Å². The maximum atomic E-state index is 13.2. The minimum atomic E-state index is -4.39. The molecule has 0 spiro atoms. The molecule has 0 amide bonds. The van der Waals surface area contributed by atoms with Crippen molar-refractivity contribution in [2.24, 2.45) is 0 Å². The summed E-state index contributed by atoms with van der Waals surface area (Å²) in [5, 5.41) is 2.97. The number of hydrogen-bond acceptors (Lipinski definition) is 3. The number of nitrogens with one attached hydrogen (secondary N) is 1. The second-order valence-corrected chi connectivity index (χ2v) is 8.11. The highest BCUT2D eigenvalue weighted by Gasteiger charge is 2.35. The number of halogens is 3. The molecule has 0 aliphatic carbocycles. The van der Waals surface area contributed by atoms with Crippen molar-refractivity contribution >= 4 is 14.7 Å². The standard InChI is InChI=1S/C26H32F3N2OP/c1-21(30-17-16-25(26(27,28)29)31(2)18-20-33)9-5-4-8-19-32-24-14-12-23(13-15-24)22-10-6-3-7-11-22/h3,6-7,10-16,20,30,33H,1,4-5,8-9,17-19H2,2H3/b25-16-. The molecule has 2 aromatic rings. The lowest BCUT2D eigenvalue weighted by molar-refractivity contribution is -0.108. The van der Waals surface area contributed by atoms with Crippen molar-refractivity contribution in [2.45, 2.75) is 31.9 Å². The molecule has 7 heteroatoms. The Kier molecular flexibility index (Phi) is 11.0. The molecule has 0 saturated heterocycles. The fraction of sp³-hybridized carbons (Fsp3) is 0.346. The highest BCUT2D eigenvalue weighted by Crippen LogP contribution is 2.27. The summed E-state index contributed by atoms with van der Waals surface area (Å²) in [5.74, 6) is 2.34. The van der Waals surface area contributed by atoms with E-state index in [2.05, 4.69) is 45.0 Å². The second kappa shape index (κ2) is 13.7. The van der Waals surface area contributed by atoms with Crippen LogP contribution >= 0.6 is 8.86 Å². The Balaban J connectivity index is 1.62. The van der Waals surface area contributed by atoms with E-state index < -0.39 is 11.9 Å². The Morgan fingerprint density at radius 3 is 2.33 bits per heavy atom. The lowest BCUT2D eigenvalue weighted by atomic mass is 10.1. The topological polar surface area (TPSA) is 24.5 Å². The number of nitrogens with zero attached hydrogens (tertiary/aromatic N) is 1. The van der Waals surface area contributed by atoms with Gasteiger partial charge in [-0.15, -0.1) is 8.86 Å². The number of unbranched alkanes of at least 4 members (excludes halogenated alkanes) is 2. The zero-order chi connectivity index (χ0) is 24.1. The first-order chi connectivity index (χ1) is 15.8. The molecule has 0 atom stereocenters. The molecular formula is C26H32F3N2OP. The molecule has 0 aromatic heterocycles. The van der Waals surface area contributed by atoms with Gasteiger partial charge >= 0.3 is 6.18 Å². The van der Waals surface area contributed by atoms with Crippen LogP contribution in [0.5, 0.6) is 5.75 Å². The molecule has 0 heterocycles. The predicted molar refractivity (Wildman–Crippen MR) is 134 cm³/mol. The van der Waals surface area contributed by atoms with Crippen molar-refractivity contribution < 1.29 is 17.9 Å². The third-order valence-electron chi connectivity index (χ3n) is 5.07. The van der Waals surface area contributed by atoms with Gasteiger partial charge < -0.3 is 15.0 Å². The zero-order valence-corrected chi connectivity index (χ0v) is 20.0. The van der Waals surface area contributed by atoms with Crippen molar-refractivity contribution in [3.63, 3.8) is 0 Å². The summed E-state index contributed by atoms with van der Waals surface area (Å²) in [4.78, 5) is 1.15. The number of alkyl halides is 3. The lowest BCUT2D eigenvalue weighted by Crippen LogP contribution is -2.30. The van der Waals surface area contributed by atoms with Gasteiger partial charge in [0, 0.05) is 25.8 Å². The summed E-state index contributed by atoms with van der Waals surface area (Å²) >= 11 is 0. The number of ether oxygens (including phenoxy) is 1. The lowest BCUT2D eigenvalue weighted by Gasteiger charge is -2.23. The molecule has 0 fully saturated rings. The van der Waals surface area contributed by atoms with Crippen LogP contribution in [-0.2, 0) is 0 Å². The normalized spacial score (nSPS) is 11.7. The fourth-order valence-corrected chi connectivity index (χ4v) is 3.56.